The second-order valence-corrected chi connectivity index (χ2v) is 5.62. The van der Waals surface area contributed by atoms with E-state index in [1.807, 2.05) is 13.8 Å². The molecule has 1 atom stereocenters. The third kappa shape index (κ3) is 3.59. The minimum absolute atomic E-state index is 0.105. The van der Waals surface area contributed by atoms with Gasteiger partial charge in [0.05, 0.1) is 18.2 Å². The number of benzene rings is 1. The fraction of sp³-hybridized carbons (Fsp3) is 0.353. The summed E-state index contributed by atoms with van der Waals surface area (Å²) in [7, 11) is 0. The molecule has 0 unspecified atom stereocenters. The van der Waals surface area contributed by atoms with Gasteiger partial charge in [-0.2, -0.15) is 0 Å². The van der Waals surface area contributed by atoms with E-state index in [0.29, 0.717) is 11.5 Å². The van der Waals surface area contributed by atoms with Crippen molar-refractivity contribution in [1.82, 2.24) is 5.32 Å². The Morgan fingerprint density at radius 2 is 1.91 bits per heavy atom. The van der Waals surface area contributed by atoms with Crippen molar-refractivity contribution >= 4 is 5.91 Å². The van der Waals surface area contributed by atoms with Crippen LogP contribution in [0, 0.1) is 18.6 Å². The highest BCUT2D eigenvalue weighted by atomic mass is 19.1. The lowest BCUT2D eigenvalue weighted by molar-refractivity contribution is 0.0912. The van der Waals surface area contributed by atoms with Crippen LogP contribution in [0.4, 0.5) is 8.78 Å². The molecule has 0 radical (unpaired) electrons. The summed E-state index contributed by atoms with van der Waals surface area (Å²) in [5, 5.41) is 11.9. The molecule has 0 fully saturated rings. The van der Waals surface area contributed by atoms with Gasteiger partial charge in [0.1, 0.15) is 23.2 Å². The number of aliphatic hydroxyl groups excluding tert-OH is 1. The number of hydrogen-bond donors (Lipinski definition) is 2. The summed E-state index contributed by atoms with van der Waals surface area (Å²) in [4.78, 5) is 12.3. The summed E-state index contributed by atoms with van der Waals surface area (Å²) in [6.07, 6.45) is 0. The first kappa shape index (κ1) is 17.1. The van der Waals surface area contributed by atoms with Crippen LogP contribution in [0.1, 0.15) is 53.2 Å². The summed E-state index contributed by atoms with van der Waals surface area (Å²) < 4.78 is 33.1. The van der Waals surface area contributed by atoms with Crippen molar-refractivity contribution in [1.29, 1.82) is 0 Å². The van der Waals surface area contributed by atoms with Crippen LogP contribution in [0.3, 0.4) is 0 Å². The summed E-state index contributed by atoms with van der Waals surface area (Å²) >= 11 is 0. The van der Waals surface area contributed by atoms with Crippen LogP contribution in [-0.4, -0.2) is 17.6 Å². The predicted octanol–water partition coefficient (Wildman–Crippen LogP) is 3.45. The summed E-state index contributed by atoms with van der Waals surface area (Å²) in [6.45, 7) is 4.85. The number of hydrogen-bond acceptors (Lipinski definition) is 3. The van der Waals surface area contributed by atoms with Crippen LogP contribution >= 0.6 is 0 Å². The molecule has 0 saturated carbocycles. The summed E-state index contributed by atoms with van der Waals surface area (Å²) in [5.74, 6) is -1.04. The lowest BCUT2D eigenvalue weighted by Gasteiger charge is -2.17. The number of carbonyl (C=O) groups excluding carboxylic acids is 1. The minimum Gasteiger partial charge on any atom is -0.465 e. The van der Waals surface area contributed by atoms with Gasteiger partial charge in [-0.25, -0.2) is 8.78 Å². The number of furan rings is 1. The Morgan fingerprint density at radius 1 is 1.30 bits per heavy atom. The molecule has 124 valence electrons. The SMILES string of the molecule is Cc1oc(C(C)C)cc1C(=O)N[C@H](CO)c1c(F)cccc1F. The van der Waals surface area contributed by atoms with Gasteiger partial charge in [-0.05, 0) is 25.1 Å². The van der Waals surface area contributed by atoms with E-state index >= 15 is 0 Å². The molecule has 1 heterocycles. The normalized spacial score (nSPS) is 12.5. The van der Waals surface area contributed by atoms with Crippen molar-refractivity contribution in [2.45, 2.75) is 32.7 Å². The van der Waals surface area contributed by atoms with E-state index in [1.165, 1.54) is 6.07 Å². The Balaban J connectivity index is 2.27. The van der Waals surface area contributed by atoms with Crippen molar-refractivity contribution in [2.24, 2.45) is 0 Å². The van der Waals surface area contributed by atoms with Crippen molar-refractivity contribution in [3.8, 4) is 0 Å². The van der Waals surface area contributed by atoms with Gasteiger partial charge in [-0.1, -0.05) is 19.9 Å². The molecule has 1 aromatic heterocycles. The van der Waals surface area contributed by atoms with Crippen molar-refractivity contribution in [3.63, 3.8) is 0 Å². The molecular formula is C17H19F2NO3. The lowest BCUT2D eigenvalue weighted by Crippen LogP contribution is -2.32. The molecule has 23 heavy (non-hydrogen) atoms. The van der Waals surface area contributed by atoms with E-state index in [9.17, 15) is 18.7 Å². The summed E-state index contributed by atoms with van der Waals surface area (Å²) in [5.41, 5.74) is -0.0857. The van der Waals surface area contributed by atoms with Gasteiger partial charge in [0.2, 0.25) is 0 Å². The van der Waals surface area contributed by atoms with Crippen LogP contribution < -0.4 is 5.32 Å². The Labute approximate surface area is 133 Å². The average Bonchev–Trinajstić information content (AvgIpc) is 2.88. The Hall–Kier alpha value is -2.21. The van der Waals surface area contributed by atoms with Gasteiger partial charge >= 0.3 is 0 Å². The maximum Gasteiger partial charge on any atom is 0.255 e. The molecule has 2 rings (SSSR count). The highest BCUT2D eigenvalue weighted by Crippen LogP contribution is 2.24. The number of amides is 1. The van der Waals surface area contributed by atoms with E-state index in [-0.39, 0.29) is 17.0 Å². The Morgan fingerprint density at radius 3 is 2.39 bits per heavy atom. The Kier molecular flexibility index (Phi) is 5.15. The second kappa shape index (κ2) is 6.91. The molecule has 0 aliphatic heterocycles. The van der Waals surface area contributed by atoms with Crippen molar-refractivity contribution in [2.75, 3.05) is 6.61 Å². The standard InChI is InChI=1S/C17H19F2NO3/c1-9(2)15-7-11(10(3)23-15)17(22)20-14(8-21)16-12(18)5-4-6-13(16)19/h4-7,9,14,21H,8H2,1-3H3,(H,20,22)/t14-/m1/s1. The fourth-order valence-corrected chi connectivity index (χ4v) is 2.30. The summed E-state index contributed by atoms with van der Waals surface area (Å²) in [6, 6.07) is 3.79. The number of rotatable bonds is 5. The zero-order valence-corrected chi connectivity index (χ0v) is 13.2. The second-order valence-electron chi connectivity index (χ2n) is 5.62. The van der Waals surface area contributed by atoms with Gasteiger partial charge in [0, 0.05) is 11.5 Å². The molecule has 1 amide bonds. The van der Waals surface area contributed by atoms with E-state index < -0.39 is 30.2 Å². The van der Waals surface area contributed by atoms with Gasteiger partial charge in [-0.3, -0.25) is 4.79 Å². The van der Waals surface area contributed by atoms with Crippen LogP contribution in [-0.2, 0) is 0 Å². The molecule has 0 bridgehead atoms. The van der Waals surface area contributed by atoms with Crippen LogP contribution in [0.5, 0.6) is 0 Å². The predicted molar refractivity (Wildman–Crippen MR) is 81.2 cm³/mol. The molecule has 2 N–H and O–H groups in total. The van der Waals surface area contributed by atoms with Gasteiger partial charge in [0.25, 0.3) is 5.91 Å². The highest BCUT2D eigenvalue weighted by molar-refractivity contribution is 5.95. The maximum absolute atomic E-state index is 13.8. The molecule has 0 spiro atoms. The molecule has 0 aliphatic carbocycles. The fourth-order valence-electron chi connectivity index (χ4n) is 2.30. The molecule has 6 heteroatoms. The van der Waals surface area contributed by atoms with Crippen molar-refractivity contribution < 1.29 is 23.1 Å². The number of carbonyl (C=O) groups is 1. The first-order valence-electron chi connectivity index (χ1n) is 7.31. The van der Waals surface area contributed by atoms with E-state index in [4.69, 9.17) is 4.42 Å². The van der Waals surface area contributed by atoms with Crippen molar-refractivity contribution in [3.05, 3.63) is 58.5 Å². The average molecular weight is 323 g/mol. The molecule has 2 aromatic rings. The Bertz CT molecular complexity index is 690. The largest absolute Gasteiger partial charge is 0.465 e. The number of halogens is 2. The number of nitrogens with one attached hydrogen (secondary N) is 1. The topological polar surface area (TPSA) is 62.5 Å². The van der Waals surface area contributed by atoms with Crippen LogP contribution in [0.25, 0.3) is 0 Å². The van der Waals surface area contributed by atoms with Crippen LogP contribution in [0.15, 0.2) is 28.7 Å². The first-order chi connectivity index (χ1) is 10.8. The quantitative estimate of drug-likeness (QED) is 0.886. The van der Waals surface area contributed by atoms with E-state index in [1.54, 1.807) is 13.0 Å². The monoisotopic (exact) mass is 323 g/mol. The molecule has 0 aliphatic rings. The molecule has 1 aromatic carbocycles. The minimum atomic E-state index is -1.18. The van der Waals surface area contributed by atoms with E-state index in [2.05, 4.69) is 5.32 Å². The third-order valence-electron chi connectivity index (χ3n) is 3.59. The number of aliphatic hydroxyl groups is 1. The number of aryl methyl sites for hydroxylation is 1. The molecule has 0 saturated heterocycles. The zero-order chi connectivity index (χ0) is 17.1. The molecule has 4 nitrogen and oxygen atoms in total. The molecular weight excluding hydrogens is 304 g/mol. The highest BCUT2D eigenvalue weighted by Gasteiger charge is 2.24. The first-order valence-corrected chi connectivity index (χ1v) is 7.31. The third-order valence-corrected chi connectivity index (χ3v) is 3.59. The maximum atomic E-state index is 13.8. The van der Waals surface area contributed by atoms with E-state index in [0.717, 1.165) is 12.1 Å². The zero-order valence-electron chi connectivity index (χ0n) is 13.2. The van der Waals surface area contributed by atoms with Gasteiger partial charge < -0.3 is 14.8 Å². The lowest BCUT2D eigenvalue weighted by atomic mass is 10.1. The van der Waals surface area contributed by atoms with Gasteiger partial charge in [0.15, 0.2) is 0 Å². The van der Waals surface area contributed by atoms with Gasteiger partial charge in [-0.15, -0.1) is 0 Å². The smallest absolute Gasteiger partial charge is 0.255 e. The van der Waals surface area contributed by atoms with Crippen LogP contribution in [0.2, 0.25) is 0 Å².